The van der Waals surface area contributed by atoms with E-state index in [9.17, 15) is 4.79 Å². The maximum Gasteiger partial charge on any atom is 0.335 e. The van der Waals surface area contributed by atoms with Gasteiger partial charge in [-0.2, -0.15) is 0 Å². The predicted molar refractivity (Wildman–Crippen MR) is 93.7 cm³/mol. The van der Waals surface area contributed by atoms with E-state index in [0.29, 0.717) is 5.69 Å². The SMILES string of the molecule is Cc1cc(C=Nc2ccc(C(=O)O)cc2)c(C)n1-c1ccccn1. The van der Waals surface area contributed by atoms with E-state index in [1.165, 1.54) is 0 Å². The third kappa shape index (κ3) is 3.10. The molecule has 0 aliphatic heterocycles. The average Bonchev–Trinajstić information content (AvgIpc) is 2.88. The van der Waals surface area contributed by atoms with Crippen LogP contribution in [-0.4, -0.2) is 26.8 Å². The number of pyridine rings is 1. The van der Waals surface area contributed by atoms with E-state index in [2.05, 4.69) is 20.6 Å². The Balaban J connectivity index is 1.89. The molecule has 5 heteroatoms. The Bertz CT molecular complexity index is 894. The van der Waals surface area contributed by atoms with Crippen LogP contribution < -0.4 is 0 Å². The maximum absolute atomic E-state index is 10.9. The number of carbonyl (C=O) groups is 1. The third-order valence-corrected chi connectivity index (χ3v) is 3.82. The highest BCUT2D eigenvalue weighted by molar-refractivity contribution is 5.88. The molecule has 1 aromatic carbocycles. The third-order valence-electron chi connectivity index (χ3n) is 3.82. The molecule has 1 N–H and O–H groups in total. The zero-order valence-corrected chi connectivity index (χ0v) is 13.5. The number of nitrogens with zero attached hydrogens (tertiary/aromatic N) is 3. The number of hydrogen-bond donors (Lipinski definition) is 1. The summed E-state index contributed by atoms with van der Waals surface area (Å²) in [4.78, 5) is 19.7. The molecule has 0 amide bonds. The molecular formula is C19H17N3O2. The van der Waals surface area contributed by atoms with Crippen LogP contribution in [0.3, 0.4) is 0 Å². The molecule has 3 rings (SSSR count). The second-order valence-corrected chi connectivity index (χ2v) is 5.46. The van der Waals surface area contributed by atoms with Crippen molar-refractivity contribution in [3.05, 3.63) is 77.2 Å². The van der Waals surface area contributed by atoms with Gasteiger partial charge in [0.1, 0.15) is 5.82 Å². The number of aryl methyl sites for hydroxylation is 1. The fourth-order valence-corrected chi connectivity index (χ4v) is 2.59. The van der Waals surface area contributed by atoms with Crippen LogP contribution in [0, 0.1) is 13.8 Å². The molecule has 5 nitrogen and oxygen atoms in total. The van der Waals surface area contributed by atoms with E-state index in [1.54, 1.807) is 36.7 Å². The van der Waals surface area contributed by atoms with Crippen LogP contribution in [0.4, 0.5) is 5.69 Å². The van der Waals surface area contributed by atoms with Gasteiger partial charge in [0.15, 0.2) is 0 Å². The number of benzene rings is 1. The summed E-state index contributed by atoms with van der Waals surface area (Å²) in [6.45, 7) is 4.05. The molecule has 2 heterocycles. The van der Waals surface area contributed by atoms with Crippen LogP contribution in [0.25, 0.3) is 5.82 Å². The molecule has 0 fully saturated rings. The largest absolute Gasteiger partial charge is 0.478 e. The van der Waals surface area contributed by atoms with E-state index in [1.807, 2.05) is 32.0 Å². The van der Waals surface area contributed by atoms with Gasteiger partial charge >= 0.3 is 5.97 Å². The molecule has 0 radical (unpaired) electrons. The van der Waals surface area contributed by atoms with Gasteiger partial charge in [0.25, 0.3) is 0 Å². The van der Waals surface area contributed by atoms with E-state index in [-0.39, 0.29) is 5.56 Å². The summed E-state index contributed by atoms with van der Waals surface area (Å²) >= 11 is 0. The summed E-state index contributed by atoms with van der Waals surface area (Å²) in [6.07, 6.45) is 3.56. The van der Waals surface area contributed by atoms with Crippen LogP contribution in [0.15, 0.2) is 59.7 Å². The Kier molecular flexibility index (Phi) is 4.24. The van der Waals surface area contributed by atoms with Gasteiger partial charge in [-0.15, -0.1) is 0 Å². The maximum atomic E-state index is 10.9. The molecule has 0 aliphatic rings. The first-order valence-electron chi connectivity index (χ1n) is 7.54. The van der Waals surface area contributed by atoms with Crippen molar-refractivity contribution >= 4 is 17.9 Å². The Hall–Kier alpha value is -3.21. The van der Waals surface area contributed by atoms with Crippen LogP contribution in [-0.2, 0) is 0 Å². The minimum Gasteiger partial charge on any atom is -0.478 e. The number of aromatic carboxylic acids is 1. The zero-order valence-electron chi connectivity index (χ0n) is 13.5. The highest BCUT2D eigenvalue weighted by Gasteiger charge is 2.09. The van der Waals surface area contributed by atoms with Crippen LogP contribution in [0.1, 0.15) is 27.3 Å². The second-order valence-electron chi connectivity index (χ2n) is 5.46. The zero-order chi connectivity index (χ0) is 17.1. The Labute approximate surface area is 139 Å². The van der Waals surface area contributed by atoms with Crippen LogP contribution in [0.2, 0.25) is 0 Å². The van der Waals surface area contributed by atoms with Gasteiger partial charge < -0.3 is 9.67 Å². The van der Waals surface area contributed by atoms with Crippen molar-refractivity contribution < 1.29 is 9.90 Å². The van der Waals surface area contributed by atoms with Gasteiger partial charge in [0.05, 0.1) is 11.3 Å². The molecular weight excluding hydrogens is 302 g/mol. The summed E-state index contributed by atoms with van der Waals surface area (Å²) in [5, 5.41) is 8.91. The van der Waals surface area contributed by atoms with E-state index < -0.39 is 5.97 Å². The summed E-state index contributed by atoms with van der Waals surface area (Å²) in [6, 6.07) is 14.3. The van der Waals surface area contributed by atoms with Crippen molar-refractivity contribution in [2.75, 3.05) is 0 Å². The quantitative estimate of drug-likeness (QED) is 0.741. The molecule has 0 unspecified atom stereocenters. The molecule has 3 aromatic rings. The van der Waals surface area contributed by atoms with Gasteiger partial charge in [0, 0.05) is 29.4 Å². The number of carboxylic acids is 1. The van der Waals surface area contributed by atoms with Gasteiger partial charge in [-0.05, 0) is 56.3 Å². The Morgan fingerprint density at radius 1 is 1.17 bits per heavy atom. The molecule has 0 spiro atoms. The van der Waals surface area contributed by atoms with E-state index in [4.69, 9.17) is 5.11 Å². The minimum atomic E-state index is -0.940. The second kappa shape index (κ2) is 6.50. The number of rotatable bonds is 4. The molecule has 0 atom stereocenters. The highest BCUT2D eigenvalue weighted by Crippen LogP contribution is 2.19. The number of hydrogen-bond acceptors (Lipinski definition) is 3. The van der Waals surface area contributed by atoms with Gasteiger partial charge in [-0.3, -0.25) is 4.99 Å². The van der Waals surface area contributed by atoms with Crippen molar-refractivity contribution in [3.63, 3.8) is 0 Å². The summed E-state index contributed by atoms with van der Waals surface area (Å²) < 4.78 is 2.08. The van der Waals surface area contributed by atoms with E-state index >= 15 is 0 Å². The predicted octanol–water partition coefficient (Wildman–Crippen LogP) is 3.94. The summed E-state index contributed by atoms with van der Waals surface area (Å²) in [7, 11) is 0. The first kappa shape index (κ1) is 15.7. The average molecular weight is 319 g/mol. The molecule has 0 aliphatic carbocycles. The van der Waals surface area contributed by atoms with Crippen LogP contribution >= 0.6 is 0 Å². The summed E-state index contributed by atoms with van der Waals surface area (Å²) in [5.74, 6) is -0.0672. The van der Waals surface area contributed by atoms with Crippen molar-refractivity contribution in [2.24, 2.45) is 4.99 Å². The van der Waals surface area contributed by atoms with Crippen molar-refractivity contribution in [2.45, 2.75) is 13.8 Å². The Morgan fingerprint density at radius 2 is 1.92 bits per heavy atom. The lowest BCUT2D eigenvalue weighted by molar-refractivity contribution is 0.0697. The smallest absolute Gasteiger partial charge is 0.335 e. The normalized spacial score (nSPS) is 11.1. The molecule has 0 saturated carbocycles. The first-order chi connectivity index (χ1) is 11.6. The van der Waals surface area contributed by atoms with Crippen molar-refractivity contribution in [1.29, 1.82) is 0 Å². The Morgan fingerprint density at radius 3 is 2.54 bits per heavy atom. The number of carboxylic acid groups (broad SMARTS) is 1. The first-order valence-corrected chi connectivity index (χ1v) is 7.54. The van der Waals surface area contributed by atoms with Gasteiger partial charge in [-0.25, -0.2) is 9.78 Å². The molecule has 120 valence electrons. The van der Waals surface area contributed by atoms with Crippen LogP contribution in [0.5, 0.6) is 0 Å². The number of aromatic nitrogens is 2. The fourth-order valence-electron chi connectivity index (χ4n) is 2.59. The highest BCUT2D eigenvalue weighted by atomic mass is 16.4. The van der Waals surface area contributed by atoms with Crippen molar-refractivity contribution in [1.82, 2.24) is 9.55 Å². The minimum absolute atomic E-state index is 0.252. The van der Waals surface area contributed by atoms with Gasteiger partial charge in [-0.1, -0.05) is 6.07 Å². The van der Waals surface area contributed by atoms with Gasteiger partial charge in [0.2, 0.25) is 0 Å². The summed E-state index contributed by atoms with van der Waals surface area (Å²) in [5.41, 5.74) is 4.09. The topological polar surface area (TPSA) is 67.5 Å². The molecule has 24 heavy (non-hydrogen) atoms. The number of aliphatic imine (C=N–C) groups is 1. The monoisotopic (exact) mass is 319 g/mol. The van der Waals surface area contributed by atoms with E-state index in [0.717, 1.165) is 22.8 Å². The molecule has 0 saturated heterocycles. The lowest BCUT2D eigenvalue weighted by atomic mass is 10.2. The lowest BCUT2D eigenvalue weighted by Crippen LogP contribution is -2.01. The standard InChI is InChI=1S/C19H17N3O2/c1-13-11-16(14(2)22(13)18-5-3-4-10-20-18)12-21-17-8-6-15(7-9-17)19(23)24/h3-12H,1-2H3,(H,23,24). The molecule has 0 bridgehead atoms. The lowest BCUT2D eigenvalue weighted by Gasteiger charge is -2.07. The molecule has 2 aromatic heterocycles. The fraction of sp³-hybridized carbons (Fsp3) is 0.105. The van der Waals surface area contributed by atoms with Crippen molar-refractivity contribution in [3.8, 4) is 5.82 Å².